The van der Waals surface area contributed by atoms with Gasteiger partial charge in [-0.1, -0.05) is 269 Å². The summed E-state index contributed by atoms with van der Waals surface area (Å²) < 4.78 is 68.4. The molecule has 102 heavy (non-hydrogen) atoms. The zero-order valence-corrected chi connectivity index (χ0v) is 65.0. The van der Waals surface area contributed by atoms with E-state index in [0.717, 1.165) is 161 Å². The van der Waals surface area contributed by atoms with Crippen molar-refractivity contribution in [3.8, 4) is 0 Å². The maximum atomic E-state index is 13.1. The Labute approximate surface area is 617 Å². The molecular weight excluding hydrogens is 1330 g/mol. The predicted octanol–water partition coefficient (Wildman–Crippen LogP) is 22.4. The summed E-state index contributed by atoms with van der Waals surface area (Å²) in [6.07, 6.45) is 85.2. The van der Waals surface area contributed by atoms with Crippen molar-refractivity contribution in [2.75, 3.05) is 39.6 Å². The zero-order valence-electron chi connectivity index (χ0n) is 63.2. The SMILES string of the molecule is CC/C=C\C/C=C\C/C=C\C/C=C\C/C=C\CCCCCC(=O)OCC(COP(=O)(O)OCC(O)COP(=O)(O)OCC(COC(=O)CCCCCC/C=C\C/C=C\C/C=C\C/C=C\CC)OC(=O)CCCCCCCCCCCCC)OC(=O)CCCC/C=C\C/C=C\C/C=C\C/C=C\CC. The van der Waals surface area contributed by atoms with Crippen LogP contribution in [0.15, 0.2) is 158 Å². The molecule has 0 aromatic heterocycles. The van der Waals surface area contributed by atoms with Gasteiger partial charge in [0.2, 0.25) is 0 Å². The van der Waals surface area contributed by atoms with Crippen molar-refractivity contribution in [1.82, 2.24) is 0 Å². The van der Waals surface area contributed by atoms with E-state index in [0.29, 0.717) is 32.1 Å². The summed E-state index contributed by atoms with van der Waals surface area (Å²) >= 11 is 0. The summed E-state index contributed by atoms with van der Waals surface area (Å²) in [5.41, 5.74) is 0. The number of carbonyl (C=O) groups is 4. The van der Waals surface area contributed by atoms with Gasteiger partial charge in [-0.15, -0.1) is 0 Å². The first kappa shape index (κ1) is 96.7. The Morgan fingerprint density at radius 2 is 0.510 bits per heavy atom. The molecule has 0 rings (SSSR count). The third kappa shape index (κ3) is 73.0. The Morgan fingerprint density at radius 3 is 0.814 bits per heavy atom. The minimum Gasteiger partial charge on any atom is -0.462 e. The van der Waals surface area contributed by atoms with E-state index in [-0.39, 0.29) is 25.7 Å². The molecule has 580 valence electrons. The van der Waals surface area contributed by atoms with Gasteiger partial charge in [-0.2, -0.15) is 0 Å². The molecule has 0 aliphatic carbocycles. The molecule has 0 radical (unpaired) electrons. The van der Waals surface area contributed by atoms with E-state index in [4.69, 9.17) is 37.0 Å². The van der Waals surface area contributed by atoms with Crippen molar-refractivity contribution in [3.63, 3.8) is 0 Å². The summed E-state index contributed by atoms with van der Waals surface area (Å²) in [7, 11) is -9.99. The first-order chi connectivity index (χ1) is 49.7. The van der Waals surface area contributed by atoms with Crippen LogP contribution in [-0.4, -0.2) is 96.7 Å². The second-order valence-electron chi connectivity index (χ2n) is 25.2. The molecule has 0 aromatic carbocycles. The number of hydrogen-bond acceptors (Lipinski definition) is 15. The van der Waals surface area contributed by atoms with E-state index in [1.54, 1.807) is 0 Å². The van der Waals surface area contributed by atoms with Gasteiger partial charge in [-0.05, 0) is 148 Å². The minimum absolute atomic E-state index is 0.0296. The van der Waals surface area contributed by atoms with Crippen LogP contribution in [0.25, 0.3) is 0 Å². The zero-order chi connectivity index (χ0) is 74.6. The fourth-order valence-electron chi connectivity index (χ4n) is 9.70. The highest BCUT2D eigenvalue weighted by Gasteiger charge is 2.30. The number of rotatable bonds is 71. The number of carbonyl (C=O) groups excluding carboxylic acids is 4. The molecule has 19 heteroatoms. The van der Waals surface area contributed by atoms with E-state index in [1.165, 1.54) is 38.5 Å². The molecule has 0 aromatic rings. The van der Waals surface area contributed by atoms with Crippen LogP contribution in [0.3, 0.4) is 0 Å². The maximum absolute atomic E-state index is 13.1. The van der Waals surface area contributed by atoms with Gasteiger partial charge in [0.15, 0.2) is 12.2 Å². The van der Waals surface area contributed by atoms with Crippen LogP contribution in [-0.2, 0) is 65.4 Å². The molecule has 0 amide bonds. The molecule has 0 aliphatic heterocycles. The summed E-state index contributed by atoms with van der Waals surface area (Å²) in [5, 5.41) is 10.6. The van der Waals surface area contributed by atoms with E-state index >= 15 is 0 Å². The standard InChI is InChI=1S/C83H136O17P2/c1-5-9-13-17-21-25-29-32-35-37-38-40-43-45-49-52-56-60-64-68-81(86)94-74-79(100-83(88)70-66-62-58-54-50-46-41-34-31-27-23-19-15-11-7-3)76-98-102(91,92)96-72-77(84)71-95-101(89,90)97-75-78(99-82(87)69-65-61-57-53-47-28-24-20-16-12-8-4)73-93-80(85)67-63-59-55-51-48-44-42-39-36-33-30-26-22-18-14-10-6-2/h9-11,13-15,21-23,25-27,32-36,38,40-42,44-45,49-50,54,77-79,84H,5-8,12,16-20,24,28-31,37,39,43,46-48,51-53,55-76H2,1-4H3,(H,89,90)(H,91,92)/b13-9-,14-10-,15-11-,25-21-,26-22-,27-23-,35-32-,36-33-,40-38-,41-34-,44-42-,49-45-,54-50-. The smallest absolute Gasteiger partial charge is 0.462 e. The average molecular weight is 1470 g/mol. The topological polar surface area (TPSA) is 237 Å². The van der Waals surface area contributed by atoms with Gasteiger partial charge in [0, 0.05) is 25.7 Å². The molecule has 17 nitrogen and oxygen atoms in total. The number of unbranched alkanes of at least 4 members (excludes halogenated alkanes) is 19. The van der Waals surface area contributed by atoms with Crippen LogP contribution in [0.2, 0.25) is 0 Å². The fourth-order valence-corrected chi connectivity index (χ4v) is 11.3. The van der Waals surface area contributed by atoms with Gasteiger partial charge in [-0.25, -0.2) is 9.13 Å². The number of esters is 4. The van der Waals surface area contributed by atoms with E-state index in [1.807, 2.05) is 0 Å². The Balaban J connectivity index is 5.42. The molecule has 5 unspecified atom stereocenters. The van der Waals surface area contributed by atoms with Crippen molar-refractivity contribution in [3.05, 3.63) is 158 Å². The lowest BCUT2D eigenvalue weighted by Crippen LogP contribution is -2.30. The van der Waals surface area contributed by atoms with Gasteiger partial charge in [0.05, 0.1) is 26.4 Å². The van der Waals surface area contributed by atoms with Crippen molar-refractivity contribution < 1.29 is 80.2 Å². The second kappa shape index (κ2) is 74.0. The summed E-state index contributed by atoms with van der Waals surface area (Å²) in [6, 6.07) is 0. The van der Waals surface area contributed by atoms with Gasteiger partial charge in [0.25, 0.3) is 0 Å². The van der Waals surface area contributed by atoms with Gasteiger partial charge in [-0.3, -0.25) is 37.3 Å². The van der Waals surface area contributed by atoms with Crippen LogP contribution >= 0.6 is 15.6 Å². The van der Waals surface area contributed by atoms with Crippen molar-refractivity contribution in [2.45, 2.75) is 303 Å². The van der Waals surface area contributed by atoms with Crippen molar-refractivity contribution in [1.29, 1.82) is 0 Å². The highest BCUT2D eigenvalue weighted by molar-refractivity contribution is 7.47. The summed E-state index contributed by atoms with van der Waals surface area (Å²) in [5.74, 6) is -2.29. The monoisotopic (exact) mass is 1470 g/mol. The average Bonchev–Trinajstić information content (AvgIpc) is 0.939. The third-order valence-electron chi connectivity index (χ3n) is 15.5. The number of phosphoric ester groups is 2. The van der Waals surface area contributed by atoms with Gasteiger partial charge >= 0.3 is 39.5 Å². The van der Waals surface area contributed by atoms with Crippen LogP contribution in [0.4, 0.5) is 0 Å². The first-order valence-corrected chi connectivity index (χ1v) is 41.7. The van der Waals surface area contributed by atoms with E-state index < -0.39 is 97.5 Å². The van der Waals surface area contributed by atoms with Gasteiger partial charge in [0.1, 0.15) is 19.3 Å². The van der Waals surface area contributed by atoms with E-state index in [9.17, 15) is 43.2 Å². The molecular formula is C83H136O17P2. The molecule has 0 saturated carbocycles. The second-order valence-corrected chi connectivity index (χ2v) is 28.1. The first-order valence-electron chi connectivity index (χ1n) is 38.7. The lowest BCUT2D eigenvalue weighted by atomic mass is 10.1. The number of phosphoric acid groups is 2. The third-order valence-corrected chi connectivity index (χ3v) is 17.4. The quantitative estimate of drug-likeness (QED) is 0.0169. The van der Waals surface area contributed by atoms with Crippen LogP contribution < -0.4 is 0 Å². The Morgan fingerprint density at radius 1 is 0.284 bits per heavy atom. The minimum atomic E-state index is -5.00. The Bertz CT molecular complexity index is 2550. The Kier molecular flexibility index (Phi) is 70.1. The number of aliphatic hydroxyl groups is 1. The van der Waals surface area contributed by atoms with Crippen LogP contribution in [0.5, 0.6) is 0 Å². The predicted molar refractivity (Wildman–Crippen MR) is 417 cm³/mol. The number of hydrogen-bond donors (Lipinski definition) is 3. The van der Waals surface area contributed by atoms with E-state index in [2.05, 4.69) is 186 Å². The molecule has 0 aliphatic rings. The summed E-state index contributed by atoms with van der Waals surface area (Å²) in [4.78, 5) is 72.9. The van der Waals surface area contributed by atoms with Gasteiger partial charge < -0.3 is 33.8 Å². The number of allylic oxidation sites excluding steroid dienone is 26. The molecule has 5 atom stereocenters. The largest absolute Gasteiger partial charge is 0.472 e. The van der Waals surface area contributed by atoms with Crippen molar-refractivity contribution in [2.24, 2.45) is 0 Å². The number of ether oxygens (including phenoxy) is 4. The fraction of sp³-hybridized carbons (Fsp3) is 0.639. The lowest BCUT2D eigenvalue weighted by Gasteiger charge is -2.21. The number of aliphatic hydroxyl groups excluding tert-OH is 1. The summed E-state index contributed by atoms with van der Waals surface area (Å²) in [6.45, 7) is 4.39. The molecule has 0 spiro atoms. The molecule has 0 heterocycles. The molecule has 0 fully saturated rings. The Hall–Kier alpha value is -5.32. The van der Waals surface area contributed by atoms with Crippen LogP contribution in [0, 0.1) is 0 Å². The normalized spacial score (nSPS) is 14.8. The van der Waals surface area contributed by atoms with Crippen LogP contribution in [0.1, 0.15) is 285 Å². The highest BCUT2D eigenvalue weighted by Crippen LogP contribution is 2.45. The maximum Gasteiger partial charge on any atom is 0.472 e. The van der Waals surface area contributed by atoms with Crippen molar-refractivity contribution >= 4 is 39.5 Å². The molecule has 0 saturated heterocycles. The molecule has 0 bridgehead atoms. The molecule has 3 N–H and O–H groups in total. The lowest BCUT2D eigenvalue weighted by molar-refractivity contribution is -0.161. The highest BCUT2D eigenvalue weighted by atomic mass is 31.2.